The van der Waals surface area contributed by atoms with Crippen molar-refractivity contribution in [2.75, 3.05) is 6.54 Å². The van der Waals surface area contributed by atoms with E-state index in [0.717, 1.165) is 22.0 Å². The Labute approximate surface area is 145 Å². The number of nitrogens with one attached hydrogen (secondary N) is 2. The van der Waals surface area contributed by atoms with E-state index < -0.39 is 6.09 Å². The Morgan fingerprint density at radius 1 is 1.21 bits per heavy atom. The third-order valence-electron chi connectivity index (χ3n) is 3.54. The molecule has 0 aliphatic heterocycles. The molecule has 0 aliphatic rings. The summed E-state index contributed by atoms with van der Waals surface area (Å²) in [6.07, 6.45) is 5.14. The van der Waals surface area contributed by atoms with Crippen LogP contribution in [0.3, 0.4) is 0 Å². The van der Waals surface area contributed by atoms with Crippen molar-refractivity contribution < 1.29 is 9.53 Å². The number of hydrogen-bond donors (Lipinski definition) is 2. The highest BCUT2D eigenvalue weighted by Crippen LogP contribution is 2.24. The Morgan fingerprint density at radius 2 is 2.04 bits per heavy atom. The fraction of sp³-hybridized carbons (Fsp3) is 0.105. The van der Waals surface area contributed by atoms with Crippen LogP contribution in [0.5, 0.6) is 0 Å². The molecule has 0 radical (unpaired) electrons. The molecule has 24 heavy (non-hydrogen) atoms. The van der Waals surface area contributed by atoms with Gasteiger partial charge in [-0.1, -0.05) is 54.1 Å². The molecule has 5 heteroatoms. The molecule has 0 spiro atoms. The van der Waals surface area contributed by atoms with Gasteiger partial charge in [-0.25, -0.2) is 4.79 Å². The van der Waals surface area contributed by atoms with Crippen molar-refractivity contribution in [3.05, 3.63) is 77.0 Å². The van der Waals surface area contributed by atoms with E-state index in [1.54, 1.807) is 0 Å². The van der Waals surface area contributed by atoms with Crippen molar-refractivity contribution in [3.8, 4) is 0 Å². The first-order valence-electron chi connectivity index (χ1n) is 7.60. The van der Waals surface area contributed by atoms with Crippen LogP contribution in [0.15, 0.2) is 60.8 Å². The summed E-state index contributed by atoms with van der Waals surface area (Å²) in [5.74, 6) is 0. The Hall–Kier alpha value is -2.72. The first-order valence-corrected chi connectivity index (χ1v) is 7.98. The highest BCUT2D eigenvalue weighted by Gasteiger charge is 2.02. The topological polar surface area (TPSA) is 54.1 Å². The number of carbonyl (C=O) groups is 1. The molecule has 0 fully saturated rings. The molecule has 0 saturated heterocycles. The zero-order valence-corrected chi connectivity index (χ0v) is 13.7. The van der Waals surface area contributed by atoms with Crippen LogP contribution in [-0.2, 0) is 11.3 Å². The highest BCUT2D eigenvalue weighted by molar-refractivity contribution is 6.32. The normalized spacial score (nSPS) is 11.0. The van der Waals surface area contributed by atoms with Gasteiger partial charge in [0.2, 0.25) is 0 Å². The lowest BCUT2D eigenvalue weighted by Gasteiger charge is -2.05. The molecule has 2 aromatic carbocycles. The van der Waals surface area contributed by atoms with E-state index in [9.17, 15) is 4.79 Å². The van der Waals surface area contributed by atoms with E-state index >= 15 is 0 Å². The maximum atomic E-state index is 11.6. The van der Waals surface area contributed by atoms with Gasteiger partial charge in [-0.2, -0.15) is 0 Å². The first kappa shape index (κ1) is 16.1. The van der Waals surface area contributed by atoms with Gasteiger partial charge in [-0.15, -0.1) is 0 Å². The Morgan fingerprint density at radius 3 is 2.88 bits per heavy atom. The van der Waals surface area contributed by atoms with E-state index in [1.165, 1.54) is 0 Å². The highest BCUT2D eigenvalue weighted by atomic mass is 35.5. The van der Waals surface area contributed by atoms with Crippen molar-refractivity contribution in [3.63, 3.8) is 0 Å². The summed E-state index contributed by atoms with van der Waals surface area (Å²) < 4.78 is 5.14. The summed E-state index contributed by atoms with van der Waals surface area (Å²) in [4.78, 5) is 14.8. The fourth-order valence-corrected chi connectivity index (χ4v) is 2.55. The van der Waals surface area contributed by atoms with Crippen LogP contribution in [0.2, 0.25) is 5.02 Å². The second kappa shape index (κ2) is 7.70. The first-order chi connectivity index (χ1) is 11.7. The number of fused-ring (bicyclic) bond motifs is 1. The Bertz CT molecular complexity index is 856. The van der Waals surface area contributed by atoms with Gasteiger partial charge in [-0.05, 0) is 29.3 Å². The van der Waals surface area contributed by atoms with Crippen LogP contribution in [-0.4, -0.2) is 17.6 Å². The van der Waals surface area contributed by atoms with E-state index in [0.29, 0.717) is 11.6 Å². The van der Waals surface area contributed by atoms with Crippen LogP contribution >= 0.6 is 11.6 Å². The van der Waals surface area contributed by atoms with Crippen molar-refractivity contribution in [2.45, 2.75) is 6.61 Å². The monoisotopic (exact) mass is 340 g/mol. The fourth-order valence-electron chi connectivity index (χ4n) is 2.32. The van der Waals surface area contributed by atoms with Gasteiger partial charge in [0.25, 0.3) is 0 Å². The summed E-state index contributed by atoms with van der Waals surface area (Å²) in [5, 5.41) is 4.43. The summed E-state index contributed by atoms with van der Waals surface area (Å²) in [6.45, 7) is 0.626. The van der Waals surface area contributed by atoms with Crippen molar-refractivity contribution in [1.29, 1.82) is 0 Å². The van der Waals surface area contributed by atoms with Crippen LogP contribution in [0.1, 0.15) is 11.1 Å². The average molecular weight is 341 g/mol. The number of rotatable bonds is 5. The maximum Gasteiger partial charge on any atom is 0.407 e. The zero-order chi connectivity index (χ0) is 16.8. The smallest absolute Gasteiger partial charge is 0.407 e. The Kier molecular flexibility index (Phi) is 5.18. The molecule has 3 aromatic rings. The summed E-state index contributed by atoms with van der Waals surface area (Å²) in [6, 6.07) is 15.4. The third-order valence-corrected chi connectivity index (χ3v) is 3.87. The third kappa shape index (κ3) is 4.18. The van der Waals surface area contributed by atoms with E-state index in [2.05, 4.69) is 10.3 Å². The lowest BCUT2D eigenvalue weighted by atomic mass is 10.1. The predicted octanol–water partition coefficient (Wildman–Crippen LogP) is 4.76. The molecule has 1 amide bonds. The second-order valence-corrected chi connectivity index (χ2v) is 5.69. The minimum atomic E-state index is -0.448. The van der Waals surface area contributed by atoms with E-state index in [-0.39, 0.29) is 6.61 Å². The molecule has 1 aromatic heterocycles. The van der Waals surface area contributed by atoms with E-state index in [4.69, 9.17) is 16.3 Å². The minimum Gasteiger partial charge on any atom is -0.445 e. The lowest BCUT2D eigenvalue weighted by molar-refractivity contribution is 0.141. The number of aromatic nitrogens is 1. The molecule has 0 bridgehead atoms. The lowest BCUT2D eigenvalue weighted by Crippen LogP contribution is -2.24. The zero-order valence-electron chi connectivity index (χ0n) is 13.0. The number of alkyl carbamates (subject to hydrolysis) is 1. The molecule has 1 heterocycles. The quantitative estimate of drug-likeness (QED) is 0.703. The molecule has 3 rings (SSSR count). The van der Waals surface area contributed by atoms with Gasteiger partial charge >= 0.3 is 6.09 Å². The molecule has 2 N–H and O–H groups in total. The minimum absolute atomic E-state index is 0.256. The number of halogens is 1. The van der Waals surface area contributed by atoms with Gasteiger partial charge in [0.05, 0.1) is 0 Å². The molecule has 0 unspecified atom stereocenters. The van der Waals surface area contributed by atoms with Crippen LogP contribution in [0.25, 0.3) is 17.0 Å². The van der Waals surface area contributed by atoms with Gasteiger partial charge < -0.3 is 15.0 Å². The largest absolute Gasteiger partial charge is 0.445 e. The number of benzene rings is 2. The Balaban J connectivity index is 1.48. The number of aromatic amines is 1. The van der Waals surface area contributed by atoms with Crippen molar-refractivity contribution in [2.24, 2.45) is 0 Å². The molecule has 0 atom stereocenters. The van der Waals surface area contributed by atoms with Gasteiger partial charge in [0.15, 0.2) is 0 Å². The van der Waals surface area contributed by atoms with Gasteiger partial charge in [0, 0.05) is 28.7 Å². The number of carbonyl (C=O) groups excluding carboxylic acids is 1. The van der Waals surface area contributed by atoms with Gasteiger partial charge in [-0.3, -0.25) is 0 Å². The molecule has 122 valence electrons. The summed E-state index contributed by atoms with van der Waals surface area (Å²) >= 11 is 6.24. The predicted molar refractivity (Wildman–Crippen MR) is 97.0 cm³/mol. The SMILES string of the molecule is O=C(NCC=Cc1cc2cc[nH]c2cc1Cl)OCc1ccccc1. The second-order valence-electron chi connectivity index (χ2n) is 5.28. The number of H-pyrrole nitrogens is 1. The molecule has 4 nitrogen and oxygen atoms in total. The van der Waals surface area contributed by atoms with Crippen LogP contribution in [0, 0.1) is 0 Å². The number of hydrogen-bond acceptors (Lipinski definition) is 2. The maximum absolute atomic E-state index is 11.6. The summed E-state index contributed by atoms with van der Waals surface area (Å²) in [5.41, 5.74) is 2.86. The van der Waals surface area contributed by atoms with E-state index in [1.807, 2.05) is 66.9 Å². The van der Waals surface area contributed by atoms with Crippen LogP contribution < -0.4 is 5.32 Å². The standard InChI is InChI=1S/C19H17ClN2O2/c20-17-12-18-16(8-10-21-18)11-15(17)7-4-9-22-19(23)24-13-14-5-2-1-3-6-14/h1-8,10-12,21H,9,13H2,(H,22,23). The van der Waals surface area contributed by atoms with Crippen molar-refractivity contribution >= 4 is 34.7 Å². The van der Waals surface area contributed by atoms with Crippen molar-refractivity contribution in [1.82, 2.24) is 10.3 Å². The molecule has 0 saturated carbocycles. The number of ether oxygens (including phenoxy) is 1. The van der Waals surface area contributed by atoms with Crippen LogP contribution in [0.4, 0.5) is 4.79 Å². The number of amides is 1. The average Bonchev–Trinajstić information content (AvgIpc) is 3.05. The summed E-state index contributed by atoms with van der Waals surface area (Å²) in [7, 11) is 0. The molecular weight excluding hydrogens is 324 g/mol. The molecular formula is C19H17ClN2O2. The van der Waals surface area contributed by atoms with Gasteiger partial charge in [0.1, 0.15) is 6.61 Å². The molecule has 0 aliphatic carbocycles.